The van der Waals surface area contributed by atoms with Crippen LogP contribution in [0.3, 0.4) is 0 Å². The van der Waals surface area contributed by atoms with Crippen molar-refractivity contribution in [2.24, 2.45) is 5.10 Å². The summed E-state index contributed by atoms with van der Waals surface area (Å²) in [6.07, 6.45) is 1.62. The molecule has 1 aromatic carbocycles. The second-order valence-corrected chi connectivity index (χ2v) is 8.61. The predicted octanol–water partition coefficient (Wildman–Crippen LogP) is 3.84. The average molecular weight is 466 g/mol. The first-order chi connectivity index (χ1) is 15.7. The Balaban J connectivity index is 1.71. The number of esters is 1. The number of nitrogens with one attached hydrogen (secondary N) is 1. The zero-order valence-electron chi connectivity index (χ0n) is 19.6. The van der Waals surface area contributed by atoms with Crippen LogP contribution in [0.2, 0.25) is 0 Å². The molecule has 1 amide bonds. The molecule has 0 saturated heterocycles. The molecule has 3 rings (SSSR count). The van der Waals surface area contributed by atoms with E-state index in [1.165, 1.54) is 18.9 Å². The maximum atomic E-state index is 12.2. The quantitative estimate of drug-likeness (QED) is 0.187. The number of thioether (sulfide) groups is 1. The van der Waals surface area contributed by atoms with E-state index in [-0.39, 0.29) is 17.6 Å². The van der Waals surface area contributed by atoms with E-state index < -0.39 is 0 Å². The molecule has 8 nitrogen and oxygen atoms in total. The zero-order chi connectivity index (χ0) is 24.1. The summed E-state index contributed by atoms with van der Waals surface area (Å²) in [6.45, 7) is 9.72. The molecule has 0 saturated carbocycles. The highest BCUT2D eigenvalue weighted by atomic mass is 32.2. The molecule has 0 unspecified atom stereocenters. The van der Waals surface area contributed by atoms with Crippen molar-refractivity contribution in [3.8, 4) is 5.69 Å². The Kier molecular flexibility index (Phi) is 7.65. The highest BCUT2D eigenvalue weighted by Gasteiger charge is 2.14. The molecule has 0 aliphatic rings. The Hall–Kier alpha value is -3.46. The van der Waals surface area contributed by atoms with Crippen molar-refractivity contribution in [3.05, 3.63) is 69.8 Å². The van der Waals surface area contributed by atoms with Gasteiger partial charge in [0.15, 0.2) is 5.16 Å². The van der Waals surface area contributed by atoms with E-state index in [0.717, 1.165) is 39.6 Å². The standard InChI is InChI=1S/C24H27N5O3S/c1-14-7-8-19(23(31)32-6)11-21(14)29-17(4)10-20(18(29)5)12-25-28-22(30)13-33-24-26-15(2)9-16(3)27-24/h7-12H,13H2,1-6H3,(H,28,30)/b25-12-. The third-order valence-corrected chi connectivity index (χ3v) is 5.88. The van der Waals surface area contributed by atoms with Gasteiger partial charge in [0.1, 0.15) is 0 Å². The number of aromatic nitrogens is 3. The normalized spacial score (nSPS) is 11.1. The van der Waals surface area contributed by atoms with Crippen LogP contribution >= 0.6 is 11.8 Å². The van der Waals surface area contributed by atoms with Gasteiger partial charge in [-0.15, -0.1) is 0 Å². The average Bonchev–Trinajstić information content (AvgIpc) is 3.04. The molecule has 1 N–H and O–H groups in total. The lowest BCUT2D eigenvalue weighted by atomic mass is 10.1. The van der Waals surface area contributed by atoms with Gasteiger partial charge in [-0.25, -0.2) is 20.2 Å². The zero-order valence-corrected chi connectivity index (χ0v) is 20.4. The molecular formula is C24H27N5O3S. The van der Waals surface area contributed by atoms with Crippen LogP contribution < -0.4 is 5.43 Å². The molecule has 3 aromatic rings. The van der Waals surface area contributed by atoms with Crippen LogP contribution in [0.4, 0.5) is 0 Å². The summed E-state index contributed by atoms with van der Waals surface area (Å²) in [4.78, 5) is 32.8. The molecule has 2 heterocycles. The number of hydrazone groups is 1. The Morgan fingerprint density at radius 1 is 1.09 bits per heavy atom. The molecule has 172 valence electrons. The largest absolute Gasteiger partial charge is 0.465 e. The first kappa shape index (κ1) is 24.2. The van der Waals surface area contributed by atoms with Crippen molar-refractivity contribution >= 4 is 29.9 Å². The number of nitrogens with zero attached hydrogens (tertiary/aromatic N) is 4. The molecule has 0 aliphatic carbocycles. The van der Waals surface area contributed by atoms with Gasteiger partial charge in [-0.05, 0) is 64.4 Å². The number of hydrogen-bond acceptors (Lipinski definition) is 7. The second-order valence-electron chi connectivity index (χ2n) is 7.67. The van der Waals surface area contributed by atoms with Crippen LogP contribution in [0.15, 0.2) is 40.6 Å². The van der Waals surface area contributed by atoms with Gasteiger partial charge >= 0.3 is 5.97 Å². The molecule has 9 heteroatoms. The molecule has 0 fully saturated rings. The number of benzene rings is 1. The number of aryl methyl sites for hydroxylation is 4. The minimum atomic E-state index is -0.382. The van der Waals surface area contributed by atoms with E-state index in [4.69, 9.17) is 4.74 Å². The molecular weight excluding hydrogens is 438 g/mol. The Labute approximate surface area is 197 Å². The Morgan fingerprint density at radius 3 is 2.45 bits per heavy atom. The van der Waals surface area contributed by atoms with E-state index >= 15 is 0 Å². The first-order valence-electron chi connectivity index (χ1n) is 10.3. The highest BCUT2D eigenvalue weighted by Crippen LogP contribution is 2.24. The van der Waals surface area contributed by atoms with Crippen LogP contribution in [0.1, 0.15) is 44.3 Å². The Bertz CT molecular complexity index is 1210. The van der Waals surface area contributed by atoms with Gasteiger partial charge in [-0.2, -0.15) is 5.10 Å². The molecule has 2 aromatic heterocycles. The van der Waals surface area contributed by atoms with Crippen LogP contribution in [-0.4, -0.2) is 45.5 Å². The van der Waals surface area contributed by atoms with Crippen molar-refractivity contribution in [2.75, 3.05) is 12.9 Å². The fraction of sp³-hybridized carbons (Fsp3) is 0.292. The van der Waals surface area contributed by atoms with Crippen molar-refractivity contribution in [1.82, 2.24) is 20.0 Å². The van der Waals surface area contributed by atoms with E-state index in [9.17, 15) is 9.59 Å². The minimum absolute atomic E-state index is 0.165. The number of carbonyl (C=O) groups is 2. The topological polar surface area (TPSA) is 98.5 Å². The van der Waals surface area contributed by atoms with Gasteiger partial charge in [0.2, 0.25) is 0 Å². The molecule has 0 atom stereocenters. The van der Waals surface area contributed by atoms with E-state index in [1.807, 2.05) is 58.9 Å². The number of ether oxygens (including phenoxy) is 1. The number of hydrogen-bond donors (Lipinski definition) is 1. The number of methoxy groups -OCH3 is 1. The van der Waals surface area contributed by atoms with Crippen LogP contribution in [-0.2, 0) is 9.53 Å². The molecule has 0 bridgehead atoms. The number of amides is 1. The highest BCUT2D eigenvalue weighted by molar-refractivity contribution is 7.99. The summed E-state index contributed by atoms with van der Waals surface area (Å²) in [5.74, 6) is -0.458. The maximum absolute atomic E-state index is 12.2. The van der Waals surface area contributed by atoms with Crippen LogP contribution in [0, 0.1) is 34.6 Å². The maximum Gasteiger partial charge on any atom is 0.337 e. The van der Waals surface area contributed by atoms with Gasteiger partial charge in [0.05, 0.1) is 24.6 Å². The van der Waals surface area contributed by atoms with Gasteiger partial charge in [0, 0.05) is 34.0 Å². The van der Waals surface area contributed by atoms with E-state index in [2.05, 4.69) is 25.1 Å². The predicted molar refractivity (Wildman–Crippen MR) is 129 cm³/mol. The van der Waals surface area contributed by atoms with E-state index in [1.54, 1.807) is 12.3 Å². The van der Waals surface area contributed by atoms with Crippen molar-refractivity contribution in [2.45, 2.75) is 39.8 Å². The third kappa shape index (κ3) is 5.87. The van der Waals surface area contributed by atoms with Gasteiger partial charge < -0.3 is 9.30 Å². The van der Waals surface area contributed by atoms with Crippen LogP contribution in [0.5, 0.6) is 0 Å². The monoisotopic (exact) mass is 465 g/mol. The summed E-state index contributed by atoms with van der Waals surface area (Å²) in [7, 11) is 1.37. The fourth-order valence-corrected chi connectivity index (χ4v) is 4.22. The fourth-order valence-electron chi connectivity index (χ4n) is 3.48. The molecule has 0 aliphatic heterocycles. The minimum Gasteiger partial charge on any atom is -0.465 e. The number of rotatable bonds is 7. The summed E-state index contributed by atoms with van der Waals surface area (Å²) >= 11 is 1.27. The van der Waals surface area contributed by atoms with Gasteiger partial charge in [-0.1, -0.05) is 17.8 Å². The van der Waals surface area contributed by atoms with Crippen molar-refractivity contribution in [3.63, 3.8) is 0 Å². The third-order valence-electron chi connectivity index (χ3n) is 5.03. The SMILES string of the molecule is COC(=O)c1ccc(C)c(-n2c(C)cc(/C=N\NC(=O)CSc3nc(C)cc(C)n3)c2C)c1. The first-order valence-corrected chi connectivity index (χ1v) is 11.3. The van der Waals surface area contributed by atoms with Gasteiger partial charge in [-0.3, -0.25) is 4.79 Å². The van der Waals surface area contributed by atoms with Crippen molar-refractivity contribution < 1.29 is 14.3 Å². The van der Waals surface area contributed by atoms with E-state index in [0.29, 0.717) is 10.7 Å². The number of carbonyl (C=O) groups excluding carboxylic acids is 2. The second kappa shape index (κ2) is 10.4. The van der Waals surface area contributed by atoms with Crippen LogP contribution in [0.25, 0.3) is 5.69 Å². The molecule has 33 heavy (non-hydrogen) atoms. The summed E-state index contributed by atoms with van der Waals surface area (Å²) in [5, 5.41) is 4.68. The lowest BCUT2D eigenvalue weighted by Crippen LogP contribution is -2.19. The summed E-state index contributed by atoms with van der Waals surface area (Å²) < 4.78 is 6.90. The molecule has 0 spiro atoms. The van der Waals surface area contributed by atoms with Gasteiger partial charge in [0.25, 0.3) is 5.91 Å². The lowest BCUT2D eigenvalue weighted by Gasteiger charge is -2.14. The summed E-state index contributed by atoms with van der Waals surface area (Å²) in [6, 6.07) is 9.32. The van der Waals surface area contributed by atoms with Crippen molar-refractivity contribution in [1.29, 1.82) is 0 Å². The Morgan fingerprint density at radius 2 is 1.79 bits per heavy atom. The summed E-state index contributed by atoms with van der Waals surface area (Å²) in [5.41, 5.74) is 9.46. The smallest absolute Gasteiger partial charge is 0.337 e. The lowest BCUT2D eigenvalue weighted by molar-refractivity contribution is -0.118. The molecule has 0 radical (unpaired) electrons.